The average Bonchev–Trinajstić information content (AvgIpc) is 3.58. The Morgan fingerprint density at radius 1 is 0.478 bits per heavy atom. The molecule has 1 saturated heterocycles. The number of hydrogen-bond acceptors (Lipinski definition) is 3. The number of carbonyl (C=O) groups excluding carboxylic acids is 3. The van der Waals surface area contributed by atoms with Crippen molar-refractivity contribution in [2.75, 3.05) is 4.90 Å². The van der Waals surface area contributed by atoms with Crippen LogP contribution >= 0.6 is 34.8 Å². The number of ketones is 1. The van der Waals surface area contributed by atoms with Gasteiger partial charge in [0.05, 0.1) is 28.4 Å². The number of anilines is 1. The van der Waals surface area contributed by atoms with Gasteiger partial charge in [0.15, 0.2) is 5.78 Å². The molecule has 1 heterocycles. The Bertz CT molecular complexity index is 1970. The molecule has 0 aromatic heterocycles. The van der Waals surface area contributed by atoms with Crippen molar-refractivity contribution in [1.29, 1.82) is 0 Å². The van der Waals surface area contributed by atoms with E-state index in [9.17, 15) is 9.59 Å². The van der Waals surface area contributed by atoms with Crippen molar-refractivity contribution in [2.45, 2.75) is 10.8 Å². The first-order valence-corrected chi connectivity index (χ1v) is 16.0. The molecule has 5 aromatic rings. The highest BCUT2D eigenvalue weighted by atomic mass is 35.5. The molecule has 2 fully saturated rings. The summed E-state index contributed by atoms with van der Waals surface area (Å²) in [5.41, 5.74) is 1.51. The third-order valence-electron chi connectivity index (χ3n) is 9.78. The second-order valence-electron chi connectivity index (χ2n) is 11.9. The lowest BCUT2D eigenvalue weighted by molar-refractivity contribution is -0.130. The Morgan fingerprint density at radius 2 is 0.913 bits per heavy atom. The van der Waals surface area contributed by atoms with Gasteiger partial charge in [-0.05, 0) is 75.9 Å². The fourth-order valence-corrected chi connectivity index (χ4v) is 8.66. The van der Waals surface area contributed by atoms with Crippen LogP contribution < -0.4 is 4.90 Å². The summed E-state index contributed by atoms with van der Waals surface area (Å²) >= 11 is 19.2. The molecule has 4 atom stereocenters. The van der Waals surface area contributed by atoms with E-state index in [2.05, 4.69) is 0 Å². The first kappa shape index (κ1) is 29.0. The van der Waals surface area contributed by atoms with E-state index in [4.69, 9.17) is 34.8 Å². The Morgan fingerprint density at radius 3 is 1.33 bits per heavy atom. The molecule has 2 bridgehead atoms. The van der Waals surface area contributed by atoms with Crippen LogP contribution in [-0.2, 0) is 25.2 Å². The summed E-state index contributed by atoms with van der Waals surface area (Å²) in [6, 6.07) is 40.2. The Labute approximate surface area is 280 Å². The van der Waals surface area contributed by atoms with Gasteiger partial charge in [-0.25, -0.2) is 4.90 Å². The van der Waals surface area contributed by atoms with Crippen molar-refractivity contribution < 1.29 is 14.4 Å². The van der Waals surface area contributed by atoms with Crippen LogP contribution in [0.1, 0.15) is 22.3 Å². The number of nitrogens with zero attached hydrogens (tertiary/aromatic N) is 1. The van der Waals surface area contributed by atoms with Gasteiger partial charge >= 0.3 is 0 Å². The van der Waals surface area contributed by atoms with Crippen LogP contribution in [-0.4, -0.2) is 17.6 Å². The molecule has 0 unspecified atom stereocenters. The van der Waals surface area contributed by atoms with Gasteiger partial charge in [-0.15, -0.1) is 0 Å². The van der Waals surface area contributed by atoms with Crippen LogP contribution in [0.2, 0.25) is 15.1 Å². The van der Waals surface area contributed by atoms with E-state index in [0.29, 0.717) is 43.0 Å². The third kappa shape index (κ3) is 3.72. The Kier molecular flexibility index (Phi) is 6.63. The summed E-state index contributed by atoms with van der Waals surface area (Å²) in [4.78, 5) is 47.1. The molecule has 224 valence electrons. The van der Waals surface area contributed by atoms with Crippen molar-refractivity contribution in [3.8, 4) is 0 Å². The van der Waals surface area contributed by atoms with Crippen LogP contribution in [0.4, 0.5) is 5.69 Å². The van der Waals surface area contributed by atoms with E-state index < -0.39 is 34.5 Å². The van der Waals surface area contributed by atoms with Gasteiger partial charge < -0.3 is 0 Å². The number of carbonyl (C=O) groups is 3. The molecule has 8 rings (SSSR count). The third-order valence-corrected chi connectivity index (χ3v) is 10.5. The van der Waals surface area contributed by atoms with Gasteiger partial charge in [-0.1, -0.05) is 126 Å². The maximum Gasteiger partial charge on any atom is 0.239 e. The number of allylic oxidation sites excluding steroid dienone is 2. The van der Waals surface area contributed by atoms with Crippen molar-refractivity contribution in [3.63, 3.8) is 0 Å². The highest BCUT2D eigenvalue weighted by molar-refractivity contribution is 6.39. The lowest BCUT2D eigenvalue weighted by atomic mass is 9.59. The number of benzene rings is 5. The van der Waals surface area contributed by atoms with Crippen LogP contribution in [0.5, 0.6) is 0 Å². The fraction of sp³-hybridized carbons (Fsp3) is 0.103. The smallest absolute Gasteiger partial charge is 0.239 e. The SMILES string of the molecule is O=C1[C@@H]2[C@H](C(=O)N1c1cccc(Cl)c1)[C@@]1(c3ccc(Cl)cc3)C(=O)[C@@]2(c2ccc(Cl)cc2)C(c2ccccc2)=C1c1ccccc1. The van der Waals surface area contributed by atoms with Crippen molar-refractivity contribution in [3.05, 3.63) is 171 Å². The van der Waals surface area contributed by atoms with Crippen LogP contribution in [0.15, 0.2) is 133 Å². The van der Waals surface area contributed by atoms with Gasteiger partial charge in [0, 0.05) is 15.1 Å². The highest BCUT2D eigenvalue weighted by Gasteiger charge is 2.82. The van der Waals surface area contributed by atoms with Crippen LogP contribution in [0.25, 0.3) is 11.1 Å². The normalized spacial score (nSPS) is 25.0. The monoisotopic (exact) mass is 659 g/mol. The maximum atomic E-state index is 15.9. The molecule has 7 heteroatoms. The largest absolute Gasteiger partial charge is 0.297 e. The van der Waals surface area contributed by atoms with Gasteiger partial charge in [0.1, 0.15) is 0 Å². The number of fused-ring (bicyclic) bond motifs is 5. The van der Waals surface area contributed by atoms with E-state index in [1.54, 1.807) is 48.5 Å². The average molecular weight is 661 g/mol. The van der Waals surface area contributed by atoms with E-state index >= 15 is 4.79 Å². The first-order chi connectivity index (χ1) is 22.3. The predicted molar refractivity (Wildman–Crippen MR) is 182 cm³/mol. The molecule has 46 heavy (non-hydrogen) atoms. The van der Waals surface area contributed by atoms with E-state index in [1.807, 2.05) is 84.9 Å². The summed E-state index contributed by atoms with van der Waals surface area (Å²) in [5.74, 6) is -3.21. The number of amides is 2. The van der Waals surface area contributed by atoms with Gasteiger partial charge in [0.2, 0.25) is 11.8 Å². The lowest BCUT2D eigenvalue weighted by Crippen LogP contribution is -2.45. The van der Waals surface area contributed by atoms with Crippen LogP contribution in [0, 0.1) is 11.8 Å². The van der Waals surface area contributed by atoms with Gasteiger partial charge in [-0.3, -0.25) is 14.4 Å². The minimum Gasteiger partial charge on any atom is -0.297 e. The molecule has 3 aliphatic rings. The van der Waals surface area contributed by atoms with E-state index in [1.165, 1.54) is 4.90 Å². The summed E-state index contributed by atoms with van der Waals surface area (Å²) in [6.45, 7) is 0. The molecule has 1 saturated carbocycles. The zero-order valence-corrected chi connectivity index (χ0v) is 26.4. The molecule has 1 aliphatic heterocycles. The number of halogens is 3. The molecule has 2 amide bonds. The van der Waals surface area contributed by atoms with Crippen LogP contribution in [0.3, 0.4) is 0 Å². The Hall–Kier alpha value is -4.48. The zero-order valence-electron chi connectivity index (χ0n) is 24.2. The number of hydrogen-bond donors (Lipinski definition) is 0. The highest BCUT2D eigenvalue weighted by Crippen LogP contribution is 2.74. The van der Waals surface area contributed by atoms with Gasteiger partial charge in [0.25, 0.3) is 0 Å². The zero-order chi connectivity index (χ0) is 31.8. The van der Waals surface area contributed by atoms with E-state index in [-0.39, 0.29) is 5.78 Å². The minimum absolute atomic E-state index is 0.218. The summed E-state index contributed by atoms with van der Waals surface area (Å²) in [5, 5.41) is 1.38. The van der Waals surface area contributed by atoms with E-state index in [0.717, 1.165) is 11.1 Å². The number of Topliss-reactive ketones (excluding diaryl/α,β-unsaturated/α-hetero) is 1. The van der Waals surface area contributed by atoms with Gasteiger partial charge in [-0.2, -0.15) is 0 Å². The predicted octanol–water partition coefficient (Wildman–Crippen LogP) is 8.84. The second-order valence-corrected chi connectivity index (χ2v) is 13.2. The quantitative estimate of drug-likeness (QED) is 0.177. The summed E-state index contributed by atoms with van der Waals surface area (Å²) in [6.07, 6.45) is 0. The number of imide groups is 1. The Balaban J connectivity index is 1.56. The van der Waals surface area contributed by atoms with Crippen molar-refractivity contribution in [1.82, 2.24) is 0 Å². The molecule has 0 radical (unpaired) electrons. The molecule has 0 N–H and O–H groups in total. The summed E-state index contributed by atoms with van der Waals surface area (Å²) in [7, 11) is 0. The van der Waals surface area contributed by atoms with Crippen molar-refractivity contribution >= 4 is 69.2 Å². The molecular formula is C39H24Cl3NO3. The fourth-order valence-electron chi connectivity index (χ4n) is 8.23. The number of rotatable bonds is 5. The minimum atomic E-state index is -1.53. The second kappa shape index (κ2) is 10.5. The molecule has 0 spiro atoms. The molecular weight excluding hydrogens is 637 g/mol. The topological polar surface area (TPSA) is 54.5 Å². The first-order valence-electron chi connectivity index (χ1n) is 14.9. The van der Waals surface area contributed by atoms with Crippen molar-refractivity contribution in [2.24, 2.45) is 11.8 Å². The molecule has 2 aliphatic carbocycles. The molecule has 4 nitrogen and oxygen atoms in total. The molecule has 5 aromatic carbocycles. The lowest BCUT2D eigenvalue weighted by Gasteiger charge is -2.39. The standard InChI is InChI=1S/C39H24Cl3NO3/c40-27-18-14-25(15-19-27)38-31(23-8-3-1-4-9-23)32(24-10-5-2-6-11-24)39(37(38)46,26-16-20-28(41)21-17-26)34-33(38)35(44)43(36(34)45)30-13-7-12-29(42)22-30/h1-22,33-34H/t33-,34+,38-,39-/m0/s1. The maximum absolute atomic E-state index is 15.9. The summed E-state index contributed by atoms with van der Waals surface area (Å²) < 4.78 is 0.